The number of carbonyl (C=O) groups excluding carboxylic acids is 2. The van der Waals surface area contributed by atoms with Gasteiger partial charge in [-0.25, -0.2) is 9.79 Å². The number of aliphatic hydroxyl groups is 1. The van der Waals surface area contributed by atoms with Crippen LogP contribution < -0.4 is 5.32 Å². The fourth-order valence-corrected chi connectivity index (χ4v) is 3.58. The number of likely N-dealkylation sites (N-methyl/N-ethyl adjacent to an activating group) is 1. The molecule has 0 saturated carbocycles. The smallest absolute Gasteiger partial charge is 0.325 e. The largest absolute Gasteiger partial charge is 0.395 e. The zero-order valence-electron chi connectivity index (χ0n) is 15.1. The van der Waals surface area contributed by atoms with Gasteiger partial charge in [0.2, 0.25) is 0 Å². The van der Waals surface area contributed by atoms with Crippen molar-refractivity contribution < 1.29 is 14.7 Å². The number of aliphatic hydroxyl groups excluding tert-OH is 1. The third-order valence-corrected chi connectivity index (χ3v) is 5.13. The van der Waals surface area contributed by atoms with Crippen molar-refractivity contribution >= 4 is 29.5 Å². The Morgan fingerprint density at radius 2 is 2.04 bits per heavy atom. The van der Waals surface area contributed by atoms with Crippen LogP contribution in [0.15, 0.2) is 16.1 Å². The van der Waals surface area contributed by atoms with Gasteiger partial charge >= 0.3 is 6.03 Å². The molecule has 0 spiro atoms. The summed E-state index contributed by atoms with van der Waals surface area (Å²) in [5.41, 5.74) is 0. The van der Waals surface area contributed by atoms with Gasteiger partial charge < -0.3 is 19.8 Å². The molecule has 2 unspecified atom stereocenters. The number of carbonyl (C=O) groups is 2. The van der Waals surface area contributed by atoms with E-state index < -0.39 is 18.2 Å². The van der Waals surface area contributed by atoms with Crippen LogP contribution in [0, 0.1) is 0 Å². The van der Waals surface area contributed by atoms with Crippen molar-refractivity contribution in [2.45, 2.75) is 19.1 Å². The molecule has 0 aromatic heterocycles. The average molecular weight is 385 g/mol. The summed E-state index contributed by atoms with van der Waals surface area (Å²) >= 11 is 5.99. The summed E-state index contributed by atoms with van der Waals surface area (Å²) in [7, 11) is 1.64. The maximum atomic E-state index is 12.5. The third kappa shape index (κ3) is 3.65. The number of nitrogens with zero attached hydrogens (tertiary/aromatic N) is 5. The van der Waals surface area contributed by atoms with E-state index in [9.17, 15) is 9.59 Å². The molecule has 0 aromatic rings. The van der Waals surface area contributed by atoms with Crippen LogP contribution in [-0.4, -0.2) is 108 Å². The molecule has 9 nitrogen and oxygen atoms in total. The zero-order valence-corrected chi connectivity index (χ0v) is 15.8. The molecule has 2 atom stereocenters. The molecule has 3 aliphatic rings. The minimum Gasteiger partial charge on any atom is -0.395 e. The lowest BCUT2D eigenvalue weighted by Gasteiger charge is -2.40. The average Bonchev–Trinajstić information content (AvgIpc) is 2.99. The van der Waals surface area contributed by atoms with Gasteiger partial charge in [-0.2, -0.15) is 0 Å². The first-order valence-electron chi connectivity index (χ1n) is 8.75. The molecule has 10 heteroatoms. The number of rotatable bonds is 4. The van der Waals surface area contributed by atoms with Crippen LogP contribution in [-0.2, 0) is 4.79 Å². The van der Waals surface area contributed by atoms with Crippen LogP contribution in [0.25, 0.3) is 0 Å². The second-order valence-corrected chi connectivity index (χ2v) is 7.28. The molecule has 3 aliphatic heterocycles. The highest BCUT2D eigenvalue weighted by Gasteiger charge is 2.49. The maximum absolute atomic E-state index is 12.5. The summed E-state index contributed by atoms with van der Waals surface area (Å²) in [5.74, 6) is 0.380. The highest BCUT2D eigenvalue weighted by Crippen LogP contribution is 2.26. The SMILES string of the molecule is C/C(Cl)=C/CN1C(N2CCN(CCO)CC2)=NC2C1C(=O)NC(=O)N2C. The molecule has 0 bridgehead atoms. The molecule has 3 rings (SSSR count). The van der Waals surface area contributed by atoms with Gasteiger partial charge in [-0.15, -0.1) is 0 Å². The minimum absolute atomic E-state index is 0.143. The topological polar surface area (TPSA) is 91.7 Å². The number of hydrogen-bond acceptors (Lipinski definition) is 7. The van der Waals surface area contributed by atoms with E-state index in [1.807, 2.05) is 11.0 Å². The summed E-state index contributed by atoms with van der Waals surface area (Å²) < 4.78 is 0. The molecule has 2 fully saturated rings. The number of β-amino-alcohol motifs (C(OH)–C–C–N with tert-alkyl or cyclic N) is 1. The lowest BCUT2D eigenvalue weighted by Crippen LogP contribution is -2.64. The standard InChI is InChI=1S/C16H25ClN6O3/c1-11(17)3-4-23-12-13(20(2)16(26)19-14(12)25)18-15(23)22-7-5-21(6-8-22)9-10-24/h3,12-13,24H,4-10H2,1-2H3,(H,19,25,26)/b11-3-. The molecule has 2 N–H and O–H groups in total. The number of amides is 3. The third-order valence-electron chi connectivity index (χ3n) is 4.98. The monoisotopic (exact) mass is 384 g/mol. The van der Waals surface area contributed by atoms with Crippen molar-refractivity contribution in [1.82, 2.24) is 24.9 Å². The van der Waals surface area contributed by atoms with Crippen molar-refractivity contribution in [2.24, 2.45) is 4.99 Å². The second kappa shape index (κ2) is 7.81. The first-order chi connectivity index (χ1) is 12.4. The summed E-state index contributed by atoms with van der Waals surface area (Å²) in [5, 5.41) is 12.1. The molecular weight excluding hydrogens is 360 g/mol. The molecule has 0 aliphatic carbocycles. The summed E-state index contributed by atoms with van der Waals surface area (Å²) in [6.45, 7) is 6.16. The number of fused-ring (bicyclic) bond motifs is 1. The number of aliphatic imine (C=N–C) groups is 1. The Hall–Kier alpha value is -1.84. The lowest BCUT2D eigenvalue weighted by molar-refractivity contribution is -0.127. The Morgan fingerprint density at radius 3 is 2.65 bits per heavy atom. The van der Waals surface area contributed by atoms with Crippen molar-refractivity contribution in [1.29, 1.82) is 0 Å². The highest BCUT2D eigenvalue weighted by atomic mass is 35.5. The number of allylic oxidation sites excluding steroid dienone is 1. The number of imide groups is 1. The quantitative estimate of drug-likeness (QED) is 0.665. The van der Waals surface area contributed by atoms with Crippen LogP contribution >= 0.6 is 11.6 Å². The molecule has 3 heterocycles. The van der Waals surface area contributed by atoms with Crippen LogP contribution in [0.3, 0.4) is 0 Å². The van der Waals surface area contributed by atoms with Crippen LogP contribution in [0.4, 0.5) is 4.79 Å². The normalized spacial score (nSPS) is 27.6. The van der Waals surface area contributed by atoms with Gasteiger partial charge in [0.15, 0.2) is 18.2 Å². The van der Waals surface area contributed by atoms with Gasteiger partial charge in [-0.05, 0) is 6.92 Å². The lowest BCUT2D eigenvalue weighted by atomic mass is 10.1. The molecule has 0 aromatic carbocycles. The van der Waals surface area contributed by atoms with Crippen molar-refractivity contribution in [3.63, 3.8) is 0 Å². The summed E-state index contributed by atoms with van der Waals surface area (Å²) in [4.78, 5) is 36.8. The first kappa shape index (κ1) is 18.9. The van der Waals surface area contributed by atoms with Crippen LogP contribution in [0.1, 0.15) is 6.92 Å². The van der Waals surface area contributed by atoms with Gasteiger partial charge in [0, 0.05) is 51.3 Å². The number of nitrogens with one attached hydrogen (secondary N) is 1. The van der Waals surface area contributed by atoms with E-state index in [1.54, 1.807) is 14.0 Å². The van der Waals surface area contributed by atoms with E-state index in [2.05, 4.69) is 15.1 Å². The number of halogens is 1. The van der Waals surface area contributed by atoms with Crippen molar-refractivity contribution in [2.75, 3.05) is 52.9 Å². The number of hydrogen-bond donors (Lipinski definition) is 2. The Balaban J connectivity index is 1.82. The Morgan fingerprint density at radius 1 is 1.35 bits per heavy atom. The second-order valence-electron chi connectivity index (χ2n) is 6.69. The predicted molar refractivity (Wildman–Crippen MR) is 97.7 cm³/mol. The molecule has 3 amide bonds. The van der Waals surface area contributed by atoms with E-state index >= 15 is 0 Å². The summed E-state index contributed by atoms with van der Waals surface area (Å²) in [6.07, 6.45) is 1.30. The highest BCUT2D eigenvalue weighted by molar-refractivity contribution is 6.29. The van der Waals surface area contributed by atoms with E-state index in [-0.39, 0.29) is 12.5 Å². The number of piperazine rings is 1. The van der Waals surface area contributed by atoms with Gasteiger partial charge in [0.05, 0.1) is 6.61 Å². The van der Waals surface area contributed by atoms with E-state index in [4.69, 9.17) is 21.7 Å². The fourth-order valence-electron chi connectivity index (χ4n) is 3.51. The molecule has 2 saturated heterocycles. The first-order valence-corrected chi connectivity index (χ1v) is 9.12. The van der Waals surface area contributed by atoms with Gasteiger partial charge in [-0.3, -0.25) is 15.0 Å². The molecule has 26 heavy (non-hydrogen) atoms. The van der Waals surface area contributed by atoms with E-state index in [0.717, 1.165) is 32.1 Å². The minimum atomic E-state index is -0.560. The molecular formula is C16H25ClN6O3. The van der Waals surface area contributed by atoms with Gasteiger partial charge in [0.25, 0.3) is 5.91 Å². The zero-order chi connectivity index (χ0) is 18.8. The Bertz CT molecular complexity index is 627. The van der Waals surface area contributed by atoms with Crippen LogP contribution in [0.5, 0.6) is 0 Å². The van der Waals surface area contributed by atoms with Crippen LogP contribution in [0.2, 0.25) is 0 Å². The number of urea groups is 1. The predicted octanol–water partition coefficient (Wildman–Crippen LogP) is -0.713. The van der Waals surface area contributed by atoms with Gasteiger partial charge in [0.1, 0.15) is 0 Å². The van der Waals surface area contributed by atoms with Gasteiger partial charge in [-0.1, -0.05) is 17.7 Å². The Labute approximate surface area is 157 Å². The van der Waals surface area contributed by atoms with Crippen molar-refractivity contribution in [3.8, 4) is 0 Å². The van der Waals surface area contributed by atoms with E-state index in [0.29, 0.717) is 18.1 Å². The molecule has 0 radical (unpaired) electrons. The molecule has 144 valence electrons. The van der Waals surface area contributed by atoms with E-state index in [1.165, 1.54) is 4.90 Å². The maximum Gasteiger partial charge on any atom is 0.325 e. The van der Waals surface area contributed by atoms with Crippen molar-refractivity contribution in [3.05, 3.63) is 11.1 Å². The fraction of sp³-hybridized carbons (Fsp3) is 0.688. The summed E-state index contributed by atoms with van der Waals surface area (Å²) in [6, 6.07) is -0.992. The number of guanidine groups is 1. The Kier molecular flexibility index (Phi) is 5.69.